The number of hydrogen-bond acceptors (Lipinski definition) is 3. The first-order valence-electron chi connectivity index (χ1n) is 9.97. The molecule has 1 aliphatic carbocycles. The van der Waals surface area contributed by atoms with Gasteiger partial charge in [0.15, 0.2) is 0 Å². The normalized spacial score (nSPS) is 22.0. The molecule has 4 heteroatoms. The molecule has 0 spiro atoms. The van der Waals surface area contributed by atoms with Gasteiger partial charge in [-0.15, -0.1) is 0 Å². The number of thiol groups is 1. The Morgan fingerprint density at radius 2 is 1.88 bits per heavy atom. The molecule has 0 amide bonds. The maximum absolute atomic E-state index is 12.2. The van der Waals surface area contributed by atoms with Gasteiger partial charge in [-0.25, -0.2) is 0 Å². The highest BCUT2D eigenvalue weighted by Crippen LogP contribution is 2.36. The van der Waals surface area contributed by atoms with Gasteiger partial charge in [0.05, 0.1) is 0 Å². The second-order valence-electron chi connectivity index (χ2n) is 7.45. The van der Waals surface area contributed by atoms with E-state index in [2.05, 4.69) is 6.92 Å². The van der Waals surface area contributed by atoms with Crippen molar-refractivity contribution >= 4 is 24.4 Å². The number of carboxylic acids is 1. The summed E-state index contributed by atoms with van der Waals surface area (Å²) in [5, 5.41) is 9.12. The van der Waals surface area contributed by atoms with Crippen molar-refractivity contribution in [3.05, 3.63) is 0 Å². The van der Waals surface area contributed by atoms with Crippen molar-refractivity contribution in [2.45, 2.75) is 102 Å². The zero-order valence-electron chi connectivity index (χ0n) is 15.3. The third-order valence-corrected chi connectivity index (χ3v) is 5.93. The fourth-order valence-corrected chi connectivity index (χ4v) is 4.23. The van der Waals surface area contributed by atoms with Crippen LogP contribution in [0.25, 0.3) is 0 Å². The number of carbonyl (C=O) groups excluding carboxylic acids is 1. The highest BCUT2D eigenvalue weighted by molar-refractivity contribution is 7.80. The molecule has 1 rings (SSSR count). The highest BCUT2D eigenvalue weighted by atomic mass is 32.1. The first-order chi connectivity index (χ1) is 11.5. The number of Topliss-reactive ketones (excluding diaryl/α,β-unsaturated/α-hetero) is 1. The summed E-state index contributed by atoms with van der Waals surface area (Å²) in [6.45, 7) is 2.23. The lowest BCUT2D eigenvalue weighted by Crippen LogP contribution is -2.16. The third-order valence-electron chi connectivity index (χ3n) is 5.41. The van der Waals surface area contributed by atoms with Gasteiger partial charge in [0, 0.05) is 24.0 Å². The summed E-state index contributed by atoms with van der Waals surface area (Å²) < 4.78 is 0. The zero-order chi connectivity index (χ0) is 17.8. The van der Waals surface area contributed by atoms with Gasteiger partial charge in [-0.2, -0.15) is 12.6 Å². The quantitative estimate of drug-likeness (QED) is 0.311. The Hall–Kier alpha value is -0.510. The first kappa shape index (κ1) is 21.5. The standard InChI is InChI=1S/C20H36O3S/c1-2-3-6-9-17(24)14-12-16-13-15-19(21)18(16)10-7-4-5-8-11-20(22)23/h16-18,24H,2-15H2,1H3,(H,22,23)/t16-,17?,18+/m0/s1. The molecule has 1 unspecified atom stereocenters. The Morgan fingerprint density at radius 1 is 1.12 bits per heavy atom. The average Bonchev–Trinajstić information content (AvgIpc) is 2.89. The van der Waals surface area contributed by atoms with Crippen molar-refractivity contribution in [1.82, 2.24) is 0 Å². The molecule has 0 heterocycles. The van der Waals surface area contributed by atoms with E-state index in [-0.39, 0.29) is 12.3 Å². The number of carbonyl (C=O) groups is 2. The van der Waals surface area contributed by atoms with Crippen LogP contribution in [0.3, 0.4) is 0 Å². The summed E-state index contributed by atoms with van der Waals surface area (Å²) in [4.78, 5) is 22.6. The fourth-order valence-electron chi connectivity index (χ4n) is 3.89. The lowest BCUT2D eigenvalue weighted by molar-refractivity contribution is -0.137. The Balaban J connectivity index is 2.19. The van der Waals surface area contributed by atoms with E-state index in [4.69, 9.17) is 17.7 Å². The third kappa shape index (κ3) is 9.10. The van der Waals surface area contributed by atoms with E-state index in [9.17, 15) is 9.59 Å². The second-order valence-corrected chi connectivity index (χ2v) is 8.18. The summed E-state index contributed by atoms with van der Waals surface area (Å²) in [5.41, 5.74) is 0. The zero-order valence-corrected chi connectivity index (χ0v) is 16.2. The second kappa shape index (κ2) is 12.8. The molecule has 0 aliphatic heterocycles. The van der Waals surface area contributed by atoms with Gasteiger partial charge >= 0.3 is 5.97 Å². The van der Waals surface area contributed by atoms with Crippen LogP contribution < -0.4 is 0 Å². The van der Waals surface area contributed by atoms with Crippen LogP contribution in [0.1, 0.15) is 96.8 Å². The van der Waals surface area contributed by atoms with E-state index in [1.807, 2.05) is 0 Å². The average molecular weight is 357 g/mol. The topological polar surface area (TPSA) is 54.4 Å². The van der Waals surface area contributed by atoms with Gasteiger partial charge in [0.2, 0.25) is 0 Å². The predicted octanol–water partition coefficient (Wildman–Crippen LogP) is 5.67. The minimum Gasteiger partial charge on any atom is -0.481 e. The maximum atomic E-state index is 12.2. The van der Waals surface area contributed by atoms with E-state index >= 15 is 0 Å². The molecule has 3 atom stereocenters. The van der Waals surface area contributed by atoms with Crippen molar-refractivity contribution < 1.29 is 14.7 Å². The van der Waals surface area contributed by atoms with Crippen molar-refractivity contribution in [2.75, 3.05) is 0 Å². The van der Waals surface area contributed by atoms with E-state index in [1.54, 1.807) is 0 Å². The van der Waals surface area contributed by atoms with Crippen LogP contribution in [-0.2, 0) is 9.59 Å². The molecule has 0 radical (unpaired) electrons. The molecular formula is C20H36O3S. The monoisotopic (exact) mass is 356 g/mol. The van der Waals surface area contributed by atoms with Gasteiger partial charge in [-0.1, -0.05) is 45.4 Å². The number of carboxylic acid groups (broad SMARTS) is 1. The number of aliphatic carboxylic acids is 1. The maximum Gasteiger partial charge on any atom is 0.303 e. The molecule has 24 heavy (non-hydrogen) atoms. The van der Waals surface area contributed by atoms with Gasteiger partial charge in [0.1, 0.15) is 5.78 Å². The molecule has 0 saturated heterocycles. The Labute approximate surface area is 153 Å². The van der Waals surface area contributed by atoms with Crippen LogP contribution in [0.5, 0.6) is 0 Å². The molecule has 1 saturated carbocycles. The van der Waals surface area contributed by atoms with Crippen LogP contribution in [0.15, 0.2) is 0 Å². The van der Waals surface area contributed by atoms with Gasteiger partial charge in [0.25, 0.3) is 0 Å². The van der Waals surface area contributed by atoms with Gasteiger partial charge in [-0.3, -0.25) is 9.59 Å². The van der Waals surface area contributed by atoms with Crippen LogP contribution >= 0.6 is 12.6 Å². The minimum absolute atomic E-state index is 0.264. The number of hydrogen-bond donors (Lipinski definition) is 2. The SMILES string of the molecule is CCCCCC(S)CC[C@H]1CCC(=O)[C@@H]1CCCCCCC(=O)O. The molecule has 1 fully saturated rings. The van der Waals surface area contributed by atoms with Gasteiger partial charge in [-0.05, 0) is 44.4 Å². The number of unbranched alkanes of at least 4 members (excludes halogenated alkanes) is 5. The van der Waals surface area contributed by atoms with Crippen LogP contribution in [0.4, 0.5) is 0 Å². The number of rotatable bonds is 14. The van der Waals surface area contributed by atoms with E-state index < -0.39 is 5.97 Å². The highest BCUT2D eigenvalue weighted by Gasteiger charge is 2.33. The first-order valence-corrected chi connectivity index (χ1v) is 10.5. The Morgan fingerprint density at radius 3 is 2.58 bits per heavy atom. The summed E-state index contributed by atoms with van der Waals surface area (Å²) in [7, 11) is 0. The van der Waals surface area contributed by atoms with Gasteiger partial charge < -0.3 is 5.11 Å². The van der Waals surface area contributed by atoms with E-state index in [0.717, 1.165) is 57.8 Å². The van der Waals surface area contributed by atoms with Crippen LogP contribution in [0, 0.1) is 11.8 Å². The lowest BCUT2D eigenvalue weighted by atomic mass is 9.86. The van der Waals surface area contributed by atoms with Crippen LogP contribution in [0.2, 0.25) is 0 Å². The minimum atomic E-state index is -0.707. The number of ketones is 1. The van der Waals surface area contributed by atoms with Crippen molar-refractivity contribution in [3.8, 4) is 0 Å². The summed E-state index contributed by atoms with van der Waals surface area (Å²) in [6, 6.07) is 0. The molecule has 140 valence electrons. The van der Waals surface area contributed by atoms with Crippen molar-refractivity contribution in [3.63, 3.8) is 0 Å². The molecule has 0 aromatic carbocycles. The van der Waals surface area contributed by atoms with Crippen LogP contribution in [-0.4, -0.2) is 22.1 Å². The molecule has 1 N–H and O–H groups in total. The summed E-state index contributed by atoms with van der Waals surface area (Å²) >= 11 is 4.72. The van der Waals surface area contributed by atoms with Crippen molar-refractivity contribution in [2.24, 2.45) is 11.8 Å². The predicted molar refractivity (Wildman–Crippen MR) is 103 cm³/mol. The molecule has 3 nitrogen and oxygen atoms in total. The smallest absolute Gasteiger partial charge is 0.303 e. The molecule has 1 aliphatic rings. The van der Waals surface area contributed by atoms with Crippen molar-refractivity contribution in [1.29, 1.82) is 0 Å². The largest absolute Gasteiger partial charge is 0.481 e. The Bertz CT molecular complexity index is 370. The molecule has 0 aromatic rings. The molecule has 0 bridgehead atoms. The Kier molecular flexibility index (Phi) is 11.5. The molecule has 0 aromatic heterocycles. The fraction of sp³-hybridized carbons (Fsp3) is 0.900. The summed E-state index contributed by atoms with van der Waals surface area (Å²) in [5.74, 6) is 0.589. The van der Waals surface area contributed by atoms with E-state index in [1.165, 1.54) is 25.7 Å². The lowest BCUT2D eigenvalue weighted by Gasteiger charge is -2.20. The summed E-state index contributed by atoms with van der Waals surface area (Å²) in [6.07, 6.45) is 14.3. The molecular weight excluding hydrogens is 320 g/mol. The van der Waals surface area contributed by atoms with E-state index in [0.29, 0.717) is 17.0 Å².